The van der Waals surface area contributed by atoms with Crippen molar-refractivity contribution in [3.63, 3.8) is 0 Å². The van der Waals surface area contributed by atoms with Gasteiger partial charge in [-0.1, -0.05) is 18.2 Å². The SMILES string of the molecule is O=C(Nc1cccc2cccnc12)c1cc(N2CCC(F)(F)C2)ccn1. The first kappa shape index (κ1) is 16.4. The number of alkyl halides is 2. The first-order valence-corrected chi connectivity index (χ1v) is 8.26. The number of rotatable bonds is 3. The normalized spacial score (nSPS) is 16.0. The number of hydrogen-bond acceptors (Lipinski definition) is 4. The molecule has 1 aliphatic heterocycles. The third kappa shape index (κ3) is 3.20. The Hall–Kier alpha value is -3.09. The van der Waals surface area contributed by atoms with Crippen molar-refractivity contribution in [1.82, 2.24) is 9.97 Å². The van der Waals surface area contributed by atoms with Crippen LogP contribution in [0.4, 0.5) is 20.2 Å². The van der Waals surface area contributed by atoms with Crippen LogP contribution in [0.3, 0.4) is 0 Å². The lowest BCUT2D eigenvalue weighted by Crippen LogP contribution is -2.25. The number of fused-ring (bicyclic) bond motifs is 1. The Morgan fingerprint density at radius 1 is 1.12 bits per heavy atom. The van der Waals surface area contributed by atoms with Crippen molar-refractivity contribution in [1.29, 1.82) is 0 Å². The van der Waals surface area contributed by atoms with Crippen LogP contribution in [0.5, 0.6) is 0 Å². The second kappa shape index (κ2) is 6.33. The van der Waals surface area contributed by atoms with Gasteiger partial charge in [-0.15, -0.1) is 0 Å². The Bertz CT molecular complexity index is 971. The number of nitrogens with zero attached hydrogens (tertiary/aromatic N) is 3. The van der Waals surface area contributed by atoms with Gasteiger partial charge in [0.25, 0.3) is 11.8 Å². The zero-order chi connectivity index (χ0) is 18.1. The van der Waals surface area contributed by atoms with Crippen LogP contribution in [-0.2, 0) is 0 Å². The summed E-state index contributed by atoms with van der Waals surface area (Å²) in [5, 5.41) is 3.71. The maximum Gasteiger partial charge on any atom is 0.274 e. The van der Waals surface area contributed by atoms with E-state index in [4.69, 9.17) is 0 Å². The monoisotopic (exact) mass is 354 g/mol. The summed E-state index contributed by atoms with van der Waals surface area (Å²) in [4.78, 5) is 22.5. The molecule has 7 heteroatoms. The zero-order valence-corrected chi connectivity index (χ0v) is 13.8. The molecule has 1 fully saturated rings. The first-order chi connectivity index (χ1) is 12.5. The average molecular weight is 354 g/mol. The third-order valence-corrected chi connectivity index (χ3v) is 4.39. The van der Waals surface area contributed by atoms with Crippen LogP contribution in [0.25, 0.3) is 10.9 Å². The summed E-state index contributed by atoms with van der Waals surface area (Å²) in [7, 11) is 0. The predicted molar refractivity (Wildman–Crippen MR) is 95.7 cm³/mol. The van der Waals surface area contributed by atoms with Gasteiger partial charge in [-0.3, -0.25) is 14.8 Å². The van der Waals surface area contributed by atoms with E-state index in [1.54, 1.807) is 23.2 Å². The molecule has 1 N–H and O–H groups in total. The molecule has 0 bridgehead atoms. The van der Waals surface area contributed by atoms with Gasteiger partial charge in [-0.05, 0) is 24.3 Å². The van der Waals surface area contributed by atoms with Crippen LogP contribution in [0.1, 0.15) is 16.9 Å². The van der Waals surface area contributed by atoms with Crippen molar-refractivity contribution in [3.05, 3.63) is 60.6 Å². The van der Waals surface area contributed by atoms with Gasteiger partial charge in [0.15, 0.2) is 0 Å². The second-order valence-electron chi connectivity index (χ2n) is 6.26. The lowest BCUT2D eigenvalue weighted by Gasteiger charge is -2.18. The molecule has 1 aliphatic rings. The lowest BCUT2D eigenvalue weighted by molar-refractivity contribution is 0.0257. The number of amides is 1. The van der Waals surface area contributed by atoms with E-state index in [2.05, 4.69) is 15.3 Å². The zero-order valence-electron chi connectivity index (χ0n) is 13.8. The van der Waals surface area contributed by atoms with E-state index in [9.17, 15) is 13.6 Å². The molecule has 5 nitrogen and oxygen atoms in total. The van der Waals surface area contributed by atoms with Crippen LogP contribution >= 0.6 is 0 Å². The number of carbonyl (C=O) groups excluding carboxylic acids is 1. The van der Waals surface area contributed by atoms with Gasteiger partial charge in [-0.25, -0.2) is 8.78 Å². The fourth-order valence-corrected chi connectivity index (χ4v) is 3.09. The fraction of sp³-hybridized carbons (Fsp3) is 0.211. The number of hydrogen-bond donors (Lipinski definition) is 1. The molecule has 1 aromatic carbocycles. The third-order valence-electron chi connectivity index (χ3n) is 4.39. The predicted octanol–water partition coefficient (Wildman–Crippen LogP) is 3.73. The Balaban J connectivity index is 1.58. The molecule has 1 saturated heterocycles. The molecule has 0 spiro atoms. The summed E-state index contributed by atoms with van der Waals surface area (Å²) in [5.41, 5.74) is 2.00. The number of anilines is 2. The van der Waals surface area contributed by atoms with E-state index >= 15 is 0 Å². The average Bonchev–Trinajstić information content (AvgIpc) is 3.02. The molecule has 0 radical (unpaired) electrons. The maximum absolute atomic E-state index is 13.4. The molecular weight excluding hydrogens is 338 g/mol. The smallest absolute Gasteiger partial charge is 0.274 e. The molecule has 0 saturated carbocycles. The summed E-state index contributed by atoms with van der Waals surface area (Å²) in [6.07, 6.45) is 2.94. The van der Waals surface area contributed by atoms with E-state index in [1.165, 1.54) is 12.3 Å². The number of para-hydroxylation sites is 1. The van der Waals surface area contributed by atoms with E-state index in [-0.39, 0.29) is 25.2 Å². The topological polar surface area (TPSA) is 58.1 Å². The van der Waals surface area contributed by atoms with Gasteiger partial charge < -0.3 is 10.2 Å². The van der Waals surface area contributed by atoms with Gasteiger partial charge in [0.05, 0.1) is 17.7 Å². The lowest BCUT2D eigenvalue weighted by atomic mass is 10.2. The molecule has 132 valence electrons. The highest BCUT2D eigenvalue weighted by Gasteiger charge is 2.38. The van der Waals surface area contributed by atoms with Crippen LogP contribution in [0, 0.1) is 0 Å². The van der Waals surface area contributed by atoms with E-state index < -0.39 is 11.8 Å². The molecule has 0 aliphatic carbocycles. The number of nitrogens with one attached hydrogen (secondary N) is 1. The summed E-state index contributed by atoms with van der Waals surface area (Å²) in [5.74, 6) is -3.10. The van der Waals surface area contributed by atoms with E-state index in [0.29, 0.717) is 16.9 Å². The molecule has 0 unspecified atom stereocenters. The first-order valence-electron chi connectivity index (χ1n) is 8.26. The van der Waals surface area contributed by atoms with Crippen LogP contribution in [-0.4, -0.2) is 34.9 Å². The molecule has 1 amide bonds. The second-order valence-corrected chi connectivity index (χ2v) is 6.26. The Morgan fingerprint density at radius 2 is 1.96 bits per heavy atom. The minimum Gasteiger partial charge on any atom is -0.365 e. The largest absolute Gasteiger partial charge is 0.365 e. The number of pyridine rings is 2. The van der Waals surface area contributed by atoms with Gasteiger partial charge in [-0.2, -0.15) is 0 Å². The number of benzene rings is 1. The molecule has 0 atom stereocenters. The van der Waals surface area contributed by atoms with Crippen molar-refractivity contribution in [2.24, 2.45) is 0 Å². The highest BCUT2D eigenvalue weighted by atomic mass is 19.3. The molecule has 26 heavy (non-hydrogen) atoms. The van der Waals surface area contributed by atoms with Crippen LogP contribution in [0.2, 0.25) is 0 Å². The van der Waals surface area contributed by atoms with Crippen LogP contribution < -0.4 is 10.2 Å². The van der Waals surface area contributed by atoms with E-state index in [1.807, 2.05) is 24.3 Å². The van der Waals surface area contributed by atoms with Gasteiger partial charge in [0.2, 0.25) is 0 Å². The highest BCUT2D eigenvalue weighted by molar-refractivity contribution is 6.07. The van der Waals surface area contributed by atoms with E-state index in [0.717, 1.165) is 5.39 Å². The maximum atomic E-state index is 13.4. The molecule has 3 heterocycles. The molecule has 2 aromatic heterocycles. The fourth-order valence-electron chi connectivity index (χ4n) is 3.09. The Morgan fingerprint density at radius 3 is 2.77 bits per heavy atom. The highest BCUT2D eigenvalue weighted by Crippen LogP contribution is 2.31. The number of aromatic nitrogens is 2. The van der Waals surface area contributed by atoms with Crippen molar-refractivity contribution in [2.45, 2.75) is 12.3 Å². The minimum absolute atomic E-state index is 0.172. The quantitative estimate of drug-likeness (QED) is 0.779. The summed E-state index contributed by atoms with van der Waals surface area (Å²) in [6.45, 7) is -0.0867. The molecule has 3 aromatic rings. The molecule has 4 rings (SSSR count). The standard InChI is InChI=1S/C19H16F2N4O/c20-19(21)7-10-25(12-19)14-6-9-22-16(11-14)18(26)24-15-5-1-3-13-4-2-8-23-17(13)15/h1-6,8-9,11H,7,10,12H2,(H,24,26). The molecular formula is C19H16F2N4O. The van der Waals surface area contributed by atoms with Crippen LogP contribution in [0.15, 0.2) is 54.9 Å². The van der Waals surface area contributed by atoms with Gasteiger partial charge in [0, 0.05) is 36.4 Å². The minimum atomic E-state index is -2.69. The number of halogens is 2. The Labute approximate surface area is 148 Å². The van der Waals surface area contributed by atoms with Crippen molar-refractivity contribution in [2.75, 3.05) is 23.3 Å². The van der Waals surface area contributed by atoms with Gasteiger partial charge >= 0.3 is 0 Å². The Kier molecular flexibility index (Phi) is 3.99. The van der Waals surface area contributed by atoms with Crippen molar-refractivity contribution in [3.8, 4) is 0 Å². The van der Waals surface area contributed by atoms with Crippen molar-refractivity contribution >= 4 is 28.2 Å². The summed E-state index contributed by atoms with van der Waals surface area (Å²) >= 11 is 0. The summed E-state index contributed by atoms with van der Waals surface area (Å²) in [6, 6.07) is 12.4. The number of carbonyl (C=O) groups is 1. The van der Waals surface area contributed by atoms with Crippen molar-refractivity contribution < 1.29 is 13.6 Å². The summed E-state index contributed by atoms with van der Waals surface area (Å²) < 4.78 is 26.9. The van der Waals surface area contributed by atoms with Gasteiger partial charge in [0.1, 0.15) is 5.69 Å².